The molecule has 0 aromatic heterocycles. The topological polar surface area (TPSA) is 69.4 Å². The van der Waals surface area contributed by atoms with Gasteiger partial charge >= 0.3 is 5.97 Å². The molecule has 86 valence electrons. The van der Waals surface area contributed by atoms with Crippen LogP contribution in [0.5, 0.6) is 0 Å². The Labute approximate surface area is 97.1 Å². The smallest absolute Gasteiger partial charge is 0.338 e. The number of nitro groups is 1. The van der Waals surface area contributed by atoms with Crippen molar-refractivity contribution < 1.29 is 14.5 Å². The van der Waals surface area contributed by atoms with Gasteiger partial charge in [0.1, 0.15) is 0 Å². The van der Waals surface area contributed by atoms with Gasteiger partial charge in [-0.1, -0.05) is 11.6 Å². The summed E-state index contributed by atoms with van der Waals surface area (Å²) in [6, 6.07) is 2.57. The molecule has 0 saturated heterocycles. The Morgan fingerprint density at radius 1 is 1.56 bits per heavy atom. The highest BCUT2D eigenvalue weighted by molar-refractivity contribution is 6.31. The predicted octanol–water partition coefficient (Wildman–Crippen LogP) is 2.73. The maximum absolute atomic E-state index is 11.5. The lowest BCUT2D eigenvalue weighted by atomic mass is 10.1. The standard InChI is InChI=1S/C10H10ClNO4/c1-3-16-10(13)8-4-7(11)5-9(6(8)2)12(14)15/h4-5H,3H2,1-2H3. The quantitative estimate of drug-likeness (QED) is 0.465. The van der Waals surface area contributed by atoms with Crippen LogP contribution in [0.1, 0.15) is 22.8 Å². The molecule has 0 aliphatic carbocycles. The zero-order valence-corrected chi connectivity index (χ0v) is 9.58. The van der Waals surface area contributed by atoms with Gasteiger partial charge < -0.3 is 4.74 Å². The van der Waals surface area contributed by atoms with E-state index in [0.717, 1.165) is 0 Å². The number of ether oxygens (including phenoxy) is 1. The Kier molecular flexibility index (Phi) is 3.84. The highest BCUT2D eigenvalue weighted by atomic mass is 35.5. The first kappa shape index (κ1) is 12.4. The number of esters is 1. The summed E-state index contributed by atoms with van der Waals surface area (Å²) in [5, 5.41) is 10.8. The number of halogens is 1. The predicted molar refractivity (Wildman–Crippen MR) is 58.8 cm³/mol. The fraction of sp³-hybridized carbons (Fsp3) is 0.300. The Hall–Kier alpha value is -1.62. The van der Waals surface area contributed by atoms with Gasteiger partial charge in [0.05, 0.1) is 17.1 Å². The molecule has 0 aliphatic rings. The third-order valence-electron chi connectivity index (χ3n) is 2.04. The lowest BCUT2D eigenvalue weighted by molar-refractivity contribution is -0.385. The summed E-state index contributed by atoms with van der Waals surface area (Å²) in [6.07, 6.45) is 0. The molecule has 0 N–H and O–H groups in total. The third-order valence-corrected chi connectivity index (χ3v) is 2.26. The number of hydrogen-bond donors (Lipinski definition) is 0. The molecule has 0 amide bonds. The first-order valence-corrected chi connectivity index (χ1v) is 4.96. The van der Waals surface area contributed by atoms with Gasteiger partial charge in [-0.2, -0.15) is 0 Å². The molecule has 0 unspecified atom stereocenters. The molecule has 0 bridgehead atoms. The zero-order chi connectivity index (χ0) is 12.3. The summed E-state index contributed by atoms with van der Waals surface area (Å²) in [5.74, 6) is -0.606. The first-order chi connectivity index (χ1) is 7.47. The van der Waals surface area contributed by atoms with E-state index in [2.05, 4.69) is 0 Å². The van der Waals surface area contributed by atoms with Crippen LogP contribution in [0.3, 0.4) is 0 Å². The molecular formula is C10H10ClNO4. The van der Waals surface area contributed by atoms with Crippen LogP contribution < -0.4 is 0 Å². The van der Waals surface area contributed by atoms with Gasteiger partial charge in [0.25, 0.3) is 5.69 Å². The second kappa shape index (κ2) is 4.94. The lowest BCUT2D eigenvalue weighted by Gasteiger charge is -2.06. The van der Waals surface area contributed by atoms with E-state index in [1.807, 2.05) is 0 Å². The number of benzene rings is 1. The number of carbonyl (C=O) groups excluding carboxylic acids is 1. The van der Waals surface area contributed by atoms with Gasteiger partial charge in [-0.05, 0) is 19.9 Å². The molecule has 0 spiro atoms. The number of nitro benzene ring substituents is 1. The van der Waals surface area contributed by atoms with Crippen LogP contribution in [0, 0.1) is 17.0 Å². The van der Waals surface area contributed by atoms with Crippen LogP contribution in [0.4, 0.5) is 5.69 Å². The third kappa shape index (κ3) is 2.49. The molecule has 0 aliphatic heterocycles. The maximum atomic E-state index is 11.5. The summed E-state index contributed by atoms with van der Waals surface area (Å²) < 4.78 is 4.78. The molecule has 16 heavy (non-hydrogen) atoms. The van der Waals surface area contributed by atoms with E-state index in [-0.39, 0.29) is 28.4 Å². The monoisotopic (exact) mass is 243 g/mol. The minimum Gasteiger partial charge on any atom is -0.462 e. The molecule has 5 nitrogen and oxygen atoms in total. The number of rotatable bonds is 3. The molecule has 0 fully saturated rings. The van der Waals surface area contributed by atoms with Gasteiger partial charge in [-0.15, -0.1) is 0 Å². The molecule has 6 heteroatoms. The van der Waals surface area contributed by atoms with Crippen molar-refractivity contribution in [1.82, 2.24) is 0 Å². The van der Waals surface area contributed by atoms with Crippen LogP contribution in [0.25, 0.3) is 0 Å². The lowest BCUT2D eigenvalue weighted by Crippen LogP contribution is -2.08. The fourth-order valence-corrected chi connectivity index (χ4v) is 1.49. The van der Waals surface area contributed by atoms with Gasteiger partial charge in [-0.3, -0.25) is 10.1 Å². The van der Waals surface area contributed by atoms with Crippen molar-refractivity contribution in [3.8, 4) is 0 Å². The summed E-state index contributed by atoms with van der Waals surface area (Å²) in [7, 11) is 0. The number of hydrogen-bond acceptors (Lipinski definition) is 4. The van der Waals surface area contributed by atoms with Crippen molar-refractivity contribution in [1.29, 1.82) is 0 Å². The SMILES string of the molecule is CCOC(=O)c1cc(Cl)cc([N+](=O)[O-])c1C. The molecule has 1 rings (SSSR count). The van der Waals surface area contributed by atoms with Gasteiger partial charge in [0.2, 0.25) is 0 Å². The van der Waals surface area contributed by atoms with Gasteiger partial charge in [0.15, 0.2) is 0 Å². The second-order valence-corrected chi connectivity index (χ2v) is 3.51. The normalized spacial score (nSPS) is 9.94. The fourth-order valence-electron chi connectivity index (χ4n) is 1.28. The van der Waals surface area contributed by atoms with Gasteiger partial charge in [0, 0.05) is 16.7 Å². The largest absolute Gasteiger partial charge is 0.462 e. The van der Waals surface area contributed by atoms with Crippen LogP contribution >= 0.6 is 11.6 Å². The molecule has 0 atom stereocenters. The molecular weight excluding hydrogens is 234 g/mol. The minimum atomic E-state index is -0.606. The first-order valence-electron chi connectivity index (χ1n) is 4.59. The van der Waals surface area contributed by atoms with Crippen LogP contribution in [0.2, 0.25) is 5.02 Å². The van der Waals surface area contributed by atoms with E-state index in [9.17, 15) is 14.9 Å². The summed E-state index contributed by atoms with van der Waals surface area (Å²) in [5.41, 5.74) is 0.199. The summed E-state index contributed by atoms with van der Waals surface area (Å²) in [6.45, 7) is 3.35. The average molecular weight is 244 g/mol. The van der Waals surface area contributed by atoms with Gasteiger partial charge in [-0.25, -0.2) is 4.79 Å². The van der Waals surface area contributed by atoms with Crippen molar-refractivity contribution in [2.75, 3.05) is 6.61 Å². The van der Waals surface area contributed by atoms with E-state index < -0.39 is 10.9 Å². The molecule has 1 aromatic carbocycles. The average Bonchev–Trinajstić information content (AvgIpc) is 2.20. The maximum Gasteiger partial charge on any atom is 0.338 e. The zero-order valence-electron chi connectivity index (χ0n) is 8.82. The highest BCUT2D eigenvalue weighted by Crippen LogP contribution is 2.26. The number of carbonyl (C=O) groups is 1. The van der Waals surface area contributed by atoms with Crippen molar-refractivity contribution >= 4 is 23.3 Å². The Bertz CT molecular complexity index is 445. The van der Waals surface area contributed by atoms with E-state index in [4.69, 9.17) is 16.3 Å². The van der Waals surface area contributed by atoms with Crippen LogP contribution in [-0.2, 0) is 4.74 Å². The van der Waals surface area contributed by atoms with Crippen molar-refractivity contribution in [3.05, 3.63) is 38.4 Å². The van der Waals surface area contributed by atoms with Crippen molar-refractivity contribution in [2.24, 2.45) is 0 Å². The van der Waals surface area contributed by atoms with E-state index in [0.29, 0.717) is 0 Å². The Morgan fingerprint density at radius 2 is 2.19 bits per heavy atom. The number of nitrogens with zero attached hydrogens (tertiary/aromatic N) is 1. The second-order valence-electron chi connectivity index (χ2n) is 3.08. The van der Waals surface area contributed by atoms with Crippen molar-refractivity contribution in [3.63, 3.8) is 0 Å². The molecule has 0 heterocycles. The van der Waals surface area contributed by atoms with E-state index >= 15 is 0 Å². The molecule has 0 saturated carbocycles. The summed E-state index contributed by atoms with van der Waals surface area (Å²) in [4.78, 5) is 21.6. The molecule has 0 radical (unpaired) electrons. The van der Waals surface area contributed by atoms with Crippen LogP contribution in [-0.4, -0.2) is 17.5 Å². The Morgan fingerprint density at radius 3 is 2.69 bits per heavy atom. The van der Waals surface area contributed by atoms with Crippen molar-refractivity contribution in [2.45, 2.75) is 13.8 Å². The minimum absolute atomic E-state index is 0.126. The molecule has 1 aromatic rings. The van der Waals surface area contributed by atoms with E-state index in [1.165, 1.54) is 19.1 Å². The summed E-state index contributed by atoms with van der Waals surface area (Å²) >= 11 is 5.70. The highest BCUT2D eigenvalue weighted by Gasteiger charge is 2.20. The Balaban J connectivity index is 3.29. The van der Waals surface area contributed by atoms with Crippen LogP contribution in [0.15, 0.2) is 12.1 Å². The van der Waals surface area contributed by atoms with E-state index in [1.54, 1.807) is 6.92 Å².